The Kier molecular flexibility index (Phi) is 8.10. The molecule has 0 aliphatic rings. The molecule has 5 heteroatoms. The molecule has 2 amide bonds. The number of hydrogen-bond acceptors (Lipinski definition) is 2. The highest BCUT2D eigenvalue weighted by Gasteiger charge is 2.13. The van der Waals surface area contributed by atoms with Crippen molar-refractivity contribution in [1.82, 2.24) is 4.90 Å². The van der Waals surface area contributed by atoms with Gasteiger partial charge in [-0.1, -0.05) is 84.4 Å². The van der Waals surface area contributed by atoms with Crippen LogP contribution in [-0.2, 0) is 17.9 Å². The van der Waals surface area contributed by atoms with Crippen molar-refractivity contribution in [2.45, 2.75) is 13.1 Å². The summed E-state index contributed by atoms with van der Waals surface area (Å²) >= 11 is 6.14. The van der Waals surface area contributed by atoms with Crippen LogP contribution < -0.4 is 5.32 Å². The Morgan fingerprint density at radius 3 is 2.06 bits per heavy atom. The maximum Gasteiger partial charge on any atom is 0.255 e. The summed E-state index contributed by atoms with van der Waals surface area (Å²) < 4.78 is 0. The summed E-state index contributed by atoms with van der Waals surface area (Å²) in [7, 11) is 0. The van der Waals surface area contributed by atoms with E-state index in [-0.39, 0.29) is 11.8 Å². The standard InChI is InChI=1S/C30H25ClN2O2/c31-27-11-7-10-25(20-27)22-33(21-24-8-3-1-4-9-24)29(34)19-16-23-14-17-26(18-15-23)30(35)32-28-12-5-2-6-13-28/h1-20H,21-22H2,(H,32,35)/b19-16+. The Morgan fingerprint density at radius 2 is 1.37 bits per heavy atom. The molecule has 0 spiro atoms. The van der Waals surface area contributed by atoms with Gasteiger partial charge in [0.2, 0.25) is 5.91 Å². The van der Waals surface area contributed by atoms with Crippen LogP contribution in [0.1, 0.15) is 27.0 Å². The van der Waals surface area contributed by atoms with Crippen LogP contribution in [0.4, 0.5) is 5.69 Å². The van der Waals surface area contributed by atoms with Gasteiger partial charge in [0.1, 0.15) is 0 Å². The zero-order valence-electron chi connectivity index (χ0n) is 19.1. The number of hydrogen-bond donors (Lipinski definition) is 1. The summed E-state index contributed by atoms with van der Waals surface area (Å²) in [5.74, 6) is -0.293. The van der Waals surface area contributed by atoms with E-state index < -0.39 is 0 Å². The minimum absolute atomic E-state index is 0.111. The van der Waals surface area contributed by atoms with Gasteiger partial charge in [-0.3, -0.25) is 9.59 Å². The SMILES string of the molecule is O=C(Nc1ccccc1)c1ccc(/C=C/C(=O)N(Cc2ccccc2)Cc2cccc(Cl)c2)cc1. The number of nitrogens with zero attached hydrogens (tertiary/aromatic N) is 1. The first-order chi connectivity index (χ1) is 17.1. The number of benzene rings is 4. The summed E-state index contributed by atoms with van der Waals surface area (Å²) in [6.45, 7) is 0.923. The third-order valence-electron chi connectivity index (χ3n) is 5.41. The molecule has 0 aliphatic heterocycles. The quantitative estimate of drug-likeness (QED) is 0.281. The third kappa shape index (κ3) is 7.16. The van der Waals surface area contributed by atoms with Gasteiger partial charge >= 0.3 is 0 Å². The van der Waals surface area contributed by atoms with Gasteiger partial charge in [0.25, 0.3) is 5.91 Å². The fourth-order valence-electron chi connectivity index (χ4n) is 3.61. The molecule has 0 aliphatic carbocycles. The molecule has 0 aromatic heterocycles. The second-order valence-electron chi connectivity index (χ2n) is 8.09. The van der Waals surface area contributed by atoms with Gasteiger partial charge in [-0.15, -0.1) is 0 Å². The van der Waals surface area contributed by atoms with E-state index in [1.807, 2.05) is 97.1 Å². The lowest BCUT2D eigenvalue weighted by molar-refractivity contribution is -0.127. The molecule has 0 radical (unpaired) electrons. The Labute approximate surface area is 210 Å². The normalized spacial score (nSPS) is 10.8. The van der Waals surface area contributed by atoms with E-state index in [1.54, 1.807) is 29.2 Å². The Bertz CT molecular complexity index is 1300. The zero-order valence-corrected chi connectivity index (χ0v) is 19.9. The van der Waals surface area contributed by atoms with Gasteiger partial charge in [0.15, 0.2) is 0 Å². The molecule has 0 fully saturated rings. The number of nitrogens with one attached hydrogen (secondary N) is 1. The molecule has 0 bridgehead atoms. The first-order valence-electron chi connectivity index (χ1n) is 11.3. The predicted octanol–water partition coefficient (Wildman–Crippen LogP) is 6.83. The van der Waals surface area contributed by atoms with Crippen molar-refractivity contribution >= 4 is 35.2 Å². The van der Waals surface area contributed by atoms with E-state index >= 15 is 0 Å². The molecule has 0 unspecified atom stereocenters. The average Bonchev–Trinajstić information content (AvgIpc) is 2.88. The second kappa shape index (κ2) is 11.8. The molecule has 0 atom stereocenters. The van der Waals surface area contributed by atoms with Gasteiger partial charge in [-0.05, 0) is 59.2 Å². The zero-order chi connectivity index (χ0) is 24.5. The van der Waals surface area contributed by atoms with E-state index in [9.17, 15) is 9.59 Å². The highest BCUT2D eigenvalue weighted by Crippen LogP contribution is 2.16. The van der Waals surface area contributed by atoms with Crippen LogP contribution in [-0.4, -0.2) is 16.7 Å². The summed E-state index contributed by atoms with van der Waals surface area (Å²) in [6.07, 6.45) is 3.32. The predicted molar refractivity (Wildman–Crippen MR) is 142 cm³/mol. The molecule has 0 saturated carbocycles. The Balaban J connectivity index is 1.44. The molecule has 35 heavy (non-hydrogen) atoms. The van der Waals surface area contributed by atoms with E-state index in [2.05, 4.69) is 5.32 Å². The van der Waals surface area contributed by atoms with E-state index in [1.165, 1.54) is 0 Å². The average molecular weight is 481 g/mol. The third-order valence-corrected chi connectivity index (χ3v) is 5.65. The van der Waals surface area contributed by atoms with E-state index in [0.29, 0.717) is 23.7 Å². The van der Waals surface area contributed by atoms with Crippen LogP contribution in [0.3, 0.4) is 0 Å². The smallest absolute Gasteiger partial charge is 0.255 e. The lowest BCUT2D eigenvalue weighted by atomic mass is 10.1. The van der Waals surface area contributed by atoms with Gasteiger partial charge in [-0.25, -0.2) is 0 Å². The molecule has 0 heterocycles. The van der Waals surface area contributed by atoms with Gasteiger partial charge in [0, 0.05) is 35.4 Å². The molecular weight excluding hydrogens is 456 g/mol. The summed E-state index contributed by atoms with van der Waals surface area (Å²) in [5, 5.41) is 3.51. The van der Waals surface area contributed by atoms with Crippen LogP contribution in [0.25, 0.3) is 6.08 Å². The number of para-hydroxylation sites is 1. The molecule has 4 aromatic rings. The summed E-state index contributed by atoms with van der Waals surface area (Å²) in [6, 6.07) is 33.9. The van der Waals surface area contributed by atoms with Crippen LogP contribution in [0.15, 0.2) is 115 Å². The molecule has 174 valence electrons. The van der Waals surface area contributed by atoms with E-state index in [0.717, 1.165) is 22.4 Å². The first-order valence-corrected chi connectivity index (χ1v) is 11.7. The number of halogens is 1. The van der Waals surface area contributed by atoms with Crippen LogP contribution in [0, 0.1) is 0 Å². The van der Waals surface area contributed by atoms with Crippen LogP contribution >= 0.6 is 11.6 Å². The minimum atomic E-state index is -0.182. The van der Waals surface area contributed by atoms with Crippen LogP contribution in [0.2, 0.25) is 5.02 Å². The maximum atomic E-state index is 13.1. The van der Waals surface area contributed by atoms with Crippen molar-refractivity contribution in [3.05, 3.63) is 143 Å². The largest absolute Gasteiger partial charge is 0.331 e. The number of rotatable bonds is 8. The van der Waals surface area contributed by atoms with Crippen molar-refractivity contribution in [3.63, 3.8) is 0 Å². The number of carbonyl (C=O) groups excluding carboxylic acids is 2. The molecule has 0 saturated heterocycles. The first kappa shape index (κ1) is 24.0. The highest BCUT2D eigenvalue weighted by molar-refractivity contribution is 6.30. The topological polar surface area (TPSA) is 49.4 Å². The number of amides is 2. The second-order valence-corrected chi connectivity index (χ2v) is 8.52. The van der Waals surface area contributed by atoms with Crippen molar-refractivity contribution in [2.75, 3.05) is 5.32 Å². The number of anilines is 1. The van der Waals surface area contributed by atoms with Gasteiger partial charge in [0.05, 0.1) is 0 Å². The molecular formula is C30H25ClN2O2. The van der Waals surface area contributed by atoms with Crippen molar-refractivity contribution in [3.8, 4) is 0 Å². The fraction of sp³-hybridized carbons (Fsp3) is 0.0667. The molecule has 4 aromatic carbocycles. The van der Waals surface area contributed by atoms with Crippen molar-refractivity contribution in [1.29, 1.82) is 0 Å². The highest BCUT2D eigenvalue weighted by atomic mass is 35.5. The van der Waals surface area contributed by atoms with Gasteiger partial charge in [-0.2, -0.15) is 0 Å². The monoisotopic (exact) mass is 480 g/mol. The Hall–Kier alpha value is -4.15. The molecule has 4 rings (SSSR count). The fourth-order valence-corrected chi connectivity index (χ4v) is 3.83. The maximum absolute atomic E-state index is 13.1. The minimum Gasteiger partial charge on any atom is -0.331 e. The van der Waals surface area contributed by atoms with Crippen molar-refractivity contribution in [2.24, 2.45) is 0 Å². The molecule has 1 N–H and O–H groups in total. The van der Waals surface area contributed by atoms with Crippen LogP contribution in [0.5, 0.6) is 0 Å². The van der Waals surface area contributed by atoms with Crippen molar-refractivity contribution < 1.29 is 9.59 Å². The number of carbonyl (C=O) groups is 2. The van der Waals surface area contributed by atoms with E-state index in [4.69, 9.17) is 11.6 Å². The molecule has 4 nitrogen and oxygen atoms in total. The lowest BCUT2D eigenvalue weighted by Crippen LogP contribution is -2.28. The Morgan fingerprint density at radius 1 is 0.743 bits per heavy atom. The van der Waals surface area contributed by atoms with Gasteiger partial charge < -0.3 is 10.2 Å². The lowest BCUT2D eigenvalue weighted by Gasteiger charge is -2.22. The summed E-state index contributed by atoms with van der Waals surface area (Å²) in [5.41, 5.74) is 4.13. The summed E-state index contributed by atoms with van der Waals surface area (Å²) in [4.78, 5) is 27.4.